The van der Waals surface area contributed by atoms with Crippen LogP contribution in [0.15, 0.2) is 72.8 Å². The quantitative estimate of drug-likeness (QED) is 0.520. The number of cyclic esters (lactones) is 1. The standard InChI is InChI=1S/C25H24F2N2O4S/c1-34(31,32)28-14-12-25(19-7-3-2-4-8-19)13-15-29(24(30)33-25)21-9-5-6-18(16-21)22-11-10-20(26)17-23(22)27/h2-11,16-17,28H,12-15H2,1H3/t25-/m1/s1. The number of hydrogen-bond acceptors (Lipinski definition) is 4. The summed E-state index contributed by atoms with van der Waals surface area (Å²) < 4.78 is 59.1. The van der Waals surface area contributed by atoms with Gasteiger partial charge in [-0.25, -0.2) is 26.7 Å². The molecule has 0 unspecified atom stereocenters. The van der Waals surface area contributed by atoms with Gasteiger partial charge in [-0.3, -0.25) is 4.90 Å². The van der Waals surface area contributed by atoms with E-state index in [0.717, 1.165) is 17.9 Å². The van der Waals surface area contributed by atoms with Gasteiger partial charge < -0.3 is 4.74 Å². The Labute approximate surface area is 197 Å². The maximum Gasteiger partial charge on any atom is 0.415 e. The molecule has 1 amide bonds. The van der Waals surface area contributed by atoms with Crippen molar-refractivity contribution in [1.82, 2.24) is 4.72 Å². The molecule has 0 spiro atoms. The van der Waals surface area contributed by atoms with Gasteiger partial charge in [-0.1, -0.05) is 42.5 Å². The molecule has 1 fully saturated rings. The predicted octanol–water partition coefficient (Wildman–Crippen LogP) is 4.81. The number of carbonyl (C=O) groups is 1. The van der Waals surface area contributed by atoms with E-state index < -0.39 is 33.4 Å². The normalized spacial score (nSPS) is 18.6. The Balaban J connectivity index is 1.59. The second-order valence-electron chi connectivity index (χ2n) is 8.22. The third-order valence-corrected chi connectivity index (χ3v) is 6.56. The Morgan fingerprint density at radius 3 is 2.47 bits per heavy atom. The minimum Gasteiger partial charge on any atom is -0.438 e. The van der Waals surface area contributed by atoms with Gasteiger partial charge in [0.1, 0.15) is 17.2 Å². The van der Waals surface area contributed by atoms with E-state index in [2.05, 4.69) is 4.72 Å². The molecule has 0 aliphatic carbocycles. The molecule has 1 saturated heterocycles. The summed E-state index contributed by atoms with van der Waals surface area (Å²) in [6.45, 7) is 0.419. The van der Waals surface area contributed by atoms with E-state index in [4.69, 9.17) is 4.74 Å². The average molecular weight is 487 g/mol. The molecule has 1 aliphatic rings. The highest BCUT2D eigenvalue weighted by Crippen LogP contribution is 2.39. The zero-order valence-electron chi connectivity index (χ0n) is 18.5. The van der Waals surface area contributed by atoms with Gasteiger partial charge in [-0.05, 0) is 35.4 Å². The first kappa shape index (κ1) is 23.8. The number of benzene rings is 3. The van der Waals surface area contributed by atoms with Gasteiger partial charge in [-0.15, -0.1) is 0 Å². The fraction of sp³-hybridized carbons (Fsp3) is 0.240. The molecule has 3 aromatic carbocycles. The predicted molar refractivity (Wildman–Crippen MR) is 126 cm³/mol. The van der Waals surface area contributed by atoms with Gasteiger partial charge in [0, 0.05) is 43.2 Å². The zero-order valence-corrected chi connectivity index (χ0v) is 19.3. The molecule has 1 N–H and O–H groups in total. The van der Waals surface area contributed by atoms with Crippen molar-refractivity contribution in [1.29, 1.82) is 0 Å². The Morgan fingerprint density at radius 2 is 1.79 bits per heavy atom. The lowest BCUT2D eigenvalue weighted by atomic mass is 9.85. The van der Waals surface area contributed by atoms with E-state index in [-0.39, 0.29) is 18.5 Å². The number of anilines is 1. The van der Waals surface area contributed by atoms with Crippen molar-refractivity contribution in [3.63, 3.8) is 0 Å². The minimum absolute atomic E-state index is 0.111. The minimum atomic E-state index is -3.39. The molecule has 34 heavy (non-hydrogen) atoms. The molecule has 0 radical (unpaired) electrons. The second kappa shape index (κ2) is 9.52. The van der Waals surface area contributed by atoms with Gasteiger partial charge in [0.15, 0.2) is 0 Å². The molecule has 6 nitrogen and oxygen atoms in total. The van der Waals surface area contributed by atoms with Crippen LogP contribution < -0.4 is 9.62 Å². The lowest BCUT2D eigenvalue weighted by molar-refractivity contribution is -0.0144. The molecule has 3 aromatic rings. The van der Waals surface area contributed by atoms with E-state index in [0.29, 0.717) is 24.2 Å². The van der Waals surface area contributed by atoms with Crippen LogP contribution in [0.3, 0.4) is 0 Å². The lowest BCUT2D eigenvalue weighted by Crippen LogP contribution is -2.49. The van der Waals surface area contributed by atoms with Crippen LogP contribution >= 0.6 is 0 Å². The Morgan fingerprint density at radius 1 is 1.03 bits per heavy atom. The highest BCUT2D eigenvalue weighted by Gasteiger charge is 2.42. The number of rotatable bonds is 7. The zero-order chi connectivity index (χ0) is 24.3. The highest BCUT2D eigenvalue weighted by atomic mass is 32.2. The average Bonchev–Trinajstić information content (AvgIpc) is 2.79. The summed E-state index contributed by atoms with van der Waals surface area (Å²) in [4.78, 5) is 14.6. The summed E-state index contributed by atoms with van der Waals surface area (Å²) >= 11 is 0. The number of nitrogens with one attached hydrogen (secondary N) is 1. The van der Waals surface area contributed by atoms with Crippen molar-refractivity contribution in [2.75, 3.05) is 24.2 Å². The maximum atomic E-state index is 14.3. The number of carbonyl (C=O) groups excluding carboxylic acids is 1. The molecule has 1 atom stereocenters. The van der Waals surface area contributed by atoms with Crippen LogP contribution in [-0.2, 0) is 20.4 Å². The molecule has 4 rings (SSSR count). The Hall–Kier alpha value is -3.30. The van der Waals surface area contributed by atoms with E-state index in [1.165, 1.54) is 17.0 Å². The first-order valence-electron chi connectivity index (χ1n) is 10.7. The van der Waals surface area contributed by atoms with Gasteiger partial charge >= 0.3 is 6.09 Å². The van der Waals surface area contributed by atoms with Gasteiger partial charge in [-0.2, -0.15) is 0 Å². The second-order valence-corrected chi connectivity index (χ2v) is 10.1. The fourth-order valence-corrected chi connectivity index (χ4v) is 4.63. The number of sulfonamides is 1. The van der Waals surface area contributed by atoms with Crippen molar-refractivity contribution in [2.45, 2.75) is 18.4 Å². The van der Waals surface area contributed by atoms with Crippen LogP contribution in [0.4, 0.5) is 19.3 Å². The molecular formula is C25H24F2N2O4S. The summed E-state index contributed by atoms with van der Waals surface area (Å²) in [5.74, 6) is -1.36. The summed E-state index contributed by atoms with van der Waals surface area (Å²) in [5, 5.41) is 0. The van der Waals surface area contributed by atoms with Crippen molar-refractivity contribution in [3.05, 3.63) is 90.0 Å². The van der Waals surface area contributed by atoms with Crippen molar-refractivity contribution in [2.24, 2.45) is 0 Å². The first-order chi connectivity index (χ1) is 16.2. The van der Waals surface area contributed by atoms with Crippen molar-refractivity contribution >= 4 is 21.8 Å². The fourth-order valence-electron chi connectivity index (χ4n) is 4.16. The molecule has 178 valence electrons. The molecule has 9 heteroatoms. The number of halogens is 2. The number of hydrogen-bond donors (Lipinski definition) is 1. The van der Waals surface area contributed by atoms with E-state index in [1.807, 2.05) is 30.3 Å². The van der Waals surface area contributed by atoms with Crippen LogP contribution in [0.25, 0.3) is 11.1 Å². The topological polar surface area (TPSA) is 75.7 Å². The molecule has 1 aliphatic heterocycles. The third kappa shape index (κ3) is 5.26. The molecule has 0 bridgehead atoms. The Bertz CT molecular complexity index is 1300. The van der Waals surface area contributed by atoms with Crippen molar-refractivity contribution < 1.29 is 26.7 Å². The van der Waals surface area contributed by atoms with Crippen LogP contribution in [0, 0.1) is 11.6 Å². The van der Waals surface area contributed by atoms with Crippen LogP contribution in [0.5, 0.6) is 0 Å². The number of ether oxygens (including phenoxy) is 1. The number of amides is 1. The van der Waals surface area contributed by atoms with Crippen molar-refractivity contribution in [3.8, 4) is 11.1 Å². The number of nitrogens with zero attached hydrogens (tertiary/aromatic N) is 1. The van der Waals surface area contributed by atoms with E-state index in [9.17, 15) is 22.0 Å². The largest absolute Gasteiger partial charge is 0.438 e. The lowest BCUT2D eigenvalue weighted by Gasteiger charge is -2.41. The van der Waals surface area contributed by atoms with E-state index >= 15 is 0 Å². The Kier molecular flexibility index (Phi) is 6.67. The van der Waals surface area contributed by atoms with Gasteiger partial charge in [0.25, 0.3) is 0 Å². The first-order valence-corrected chi connectivity index (χ1v) is 12.6. The van der Waals surface area contributed by atoms with Crippen LogP contribution in [0.2, 0.25) is 0 Å². The van der Waals surface area contributed by atoms with Gasteiger partial charge in [0.2, 0.25) is 10.0 Å². The monoisotopic (exact) mass is 486 g/mol. The third-order valence-electron chi connectivity index (χ3n) is 5.84. The summed E-state index contributed by atoms with van der Waals surface area (Å²) in [6, 6.07) is 19.3. The molecule has 0 aromatic heterocycles. The summed E-state index contributed by atoms with van der Waals surface area (Å²) in [6.07, 6.45) is 1.17. The van der Waals surface area contributed by atoms with Crippen LogP contribution in [0.1, 0.15) is 18.4 Å². The summed E-state index contributed by atoms with van der Waals surface area (Å²) in [7, 11) is -3.39. The van der Waals surface area contributed by atoms with Gasteiger partial charge in [0.05, 0.1) is 6.26 Å². The molecule has 1 heterocycles. The smallest absolute Gasteiger partial charge is 0.415 e. The SMILES string of the molecule is CS(=O)(=O)NCC[C@]1(c2ccccc2)CCN(c2cccc(-c3ccc(F)cc3F)c2)C(=O)O1. The maximum absolute atomic E-state index is 14.3. The molecular weight excluding hydrogens is 462 g/mol. The van der Waals surface area contributed by atoms with Crippen LogP contribution in [-0.4, -0.2) is 33.9 Å². The van der Waals surface area contributed by atoms with E-state index in [1.54, 1.807) is 24.3 Å². The summed E-state index contributed by atoms with van der Waals surface area (Å²) in [5.41, 5.74) is 1.02. The molecule has 0 saturated carbocycles. The highest BCUT2D eigenvalue weighted by molar-refractivity contribution is 7.88.